The number of carbonyl (C=O) groups excluding carboxylic acids is 2. The van der Waals surface area contributed by atoms with Crippen LogP contribution in [-0.2, 0) is 4.79 Å². The minimum atomic E-state index is -0.579. The molecule has 2 N–H and O–H groups in total. The summed E-state index contributed by atoms with van der Waals surface area (Å²) in [5, 5.41) is 5.09. The summed E-state index contributed by atoms with van der Waals surface area (Å²) in [5.74, 6) is -1.35. The number of amides is 2. The largest absolute Gasteiger partial charge is 0.324 e. The first kappa shape index (κ1) is 19.7. The molecule has 0 saturated heterocycles. The van der Waals surface area contributed by atoms with Crippen LogP contribution in [-0.4, -0.2) is 16.8 Å². The van der Waals surface area contributed by atoms with E-state index < -0.39 is 11.7 Å². The first-order chi connectivity index (χ1) is 13.3. The Bertz CT molecular complexity index is 1070. The number of carbonyl (C=O) groups is 2. The van der Waals surface area contributed by atoms with Crippen molar-refractivity contribution in [2.24, 2.45) is 0 Å². The lowest BCUT2D eigenvalue weighted by atomic mass is 10.1. The third-order valence-electron chi connectivity index (χ3n) is 3.99. The van der Waals surface area contributed by atoms with Crippen molar-refractivity contribution in [3.63, 3.8) is 0 Å². The summed E-state index contributed by atoms with van der Waals surface area (Å²) < 4.78 is 14.7. The second kappa shape index (κ2) is 8.31. The van der Waals surface area contributed by atoms with Gasteiger partial charge in [-0.05, 0) is 49.4 Å². The smallest absolute Gasteiger partial charge is 0.257 e. The highest BCUT2D eigenvalue weighted by atomic mass is 79.9. The van der Waals surface area contributed by atoms with Crippen LogP contribution in [0.5, 0.6) is 0 Å². The van der Waals surface area contributed by atoms with Gasteiger partial charge in [0.1, 0.15) is 5.82 Å². The average molecular weight is 442 g/mol. The number of pyridine rings is 1. The van der Waals surface area contributed by atoms with Crippen LogP contribution in [0.15, 0.2) is 59.1 Å². The highest BCUT2D eigenvalue weighted by Gasteiger charge is 2.13. The topological polar surface area (TPSA) is 71.1 Å². The minimum absolute atomic E-state index is 0.00477. The molecular formula is C21H17BrFN3O2. The number of halogens is 2. The van der Waals surface area contributed by atoms with Crippen molar-refractivity contribution in [1.82, 2.24) is 4.98 Å². The van der Waals surface area contributed by atoms with Crippen LogP contribution in [0.4, 0.5) is 15.8 Å². The fourth-order valence-corrected chi connectivity index (χ4v) is 3.10. The lowest BCUT2D eigenvalue weighted by Gasteiger charge is -2.11. The van der Waals surface area contributed by atoms with E-state index in [1.54, 1.807) is 19.1 Å². The summed E-state index contributed by atoms with van der Waals surface area (Å²) in [6.45, 7) is 3.04. The van der Waals surface area contributed by atoms with Gasteiger partial charge in [-0.2, -0.15) is 0 Å². The van der Waals surface area contributed by atoms with Crippen molar-refractivity contribution in [1.29, 1.82) is 0 Å². The van der Waals surface area contributed by atoms with Crippen molar-refractivity contribution in [2.45, 2.75) is 13.8 Å². The van der Waals surface area contributed by atoms with Gasteiger partial charge in [-0.3, -0.25) is 14.6 Å². The number of benzene rings is 2. The van der Waals surface area contributed by atoms with Gasteiger partial charge in [0.2, 0.25) is 5.91 Å². The Balaban J connectivity index is 1.82. The monoisotopic (exact) mass is 441 g/mol. The van der Waals surface area contributed by atoms with Gasteiger partial charge in [0, 0.05) is 22.6 Å². The molecule has 1 aromatic heterocycles. The van der Waals surface area contributed by atoms with Gasteiger partial charge in [-0.25, -0.2) is 4.39 Å². The van der Waals surface area contributed by atoms with Crippen LogP contribution < -0.4 is 10.6 Å². The van der Waals surface area contributed by atoms with Gasteiger partial charge in [0.05, 0.1) is 22.6 Å². The Morgan fingerprint density at radius 3 is 2.50 bits per heavy atom. The predicted octanol–water partition coefficient (Wildman–Crippen LogP) is 5.17. The van der Waals surface area contributed by atoms with E-state index >= 15 is 0 Å². The maximum absolute atomic E-state index is 13.7. The highest BCUT2D eigenvalue weighted by molar-refractivity contribution is 9.10. The number of aryl methyl sites for hydroxylation is 1. The third-order valence-corrected chi connectivity index (χ3v) is 4.48. The molecule has 3 rings (SSSR count). The molecule has 3 aromatic rings. The summed E-state index contributed by atoms with van der Waals surface area (Å²) in [4.78, 5) is 28.3. The fourth-order valence-electron chi connectivity index (χ4n) is 2.70. The number of nitrogens with one attached hydrogen (secondary N) is 2. The minimum Gasteiger partial charge on any atom is -0.324 e. The summed E-state index contributed by atoms with van der Waals surface area (Å²) in [5.41, 5.74) is 3.03. The molecule has 2 amide bonds. The molecule has 142 valence electrons. The summed E-state index contributed by atoms with van der Waals surface area (Å²) >= 11 is 3.43. The predicted molar refractivity (Wildman–Crippen MR) is 111 cm³/mol. The Hall–Kier alpha value is -3.06. The SMILES string of the molecule is CC(=O)Nc1cc(NC(=O)c2ccc(-c3cccc(Br)c3)nc2C)ccc1F. The van der Waals surface area contributed by atoms with Crippen LogP contribution in [0.2, 0.25) is 0 Å². The standard InChI is InChI=1S/C21H17BrFN3O2/c1-12-17(7-9-19(24-12)14-4-3-5-15(22)10-14)21(28)26-16-6-8-18(23)20(11-16)25-13(2)27/h3-11H,1-2H3,(H,25,27)(H,26,28). The van der Waals surface area contributed by atoms with Crippen molar-refractivity contribution >= 4 is 39.1 Å². The molecule has 2 aromatic carbocycles. The van der Waals surface area contributed by atoms with Crippen LogP contribution in [0, 0.1) is 12.7 Å². The molecule has 0 unspecified atom stereocenters. The van der Waals surface area contributed by atoms with E-state index in [4.69, 9.17) is 0 Å². The molecule has 0 aliphatic heterocycles. The van der Waals surface area contributed by atoms with E-state index in [2.05, 4.69) is 31.5 Å². The van der Waals surface area contributed by atoms with Crippen LogP contribution in [0.25, 0.3) is 11.3 Å². The van der Waals surface area contributed by atoms with E-state index in [1.807, 2.05) is 24.3 Å². The molecule has 0 aliphatic carbocycles. The van der Waals surface area contributed by atoms with Gasteiger partial charge >= 0.3 is 0 Å². The zero-order chi connectivity index (χ0) is 20.3. The average Bonchev–Trinajstić information content (AvgIpc) is 2.64. The molecule has 7 heteroatoms. The second-order valence-electron chi connectivity index (χ2n) is 6.17. The maximum Gasteiger partial charge on any atom is 0.257 e. The third kappa shape index (κ3) is 4.61. The summed E-state index contributed by atoms with van der Waals surface area (Å²) in [6, 6.07) is 15.2. The van der Waals surface area contributed by atoms with E-state index in [1.165, 1.54) is 25.1 Å². The molecule has 0 radical (unpaired) electrons. The van der Waals surface area contributed by atoms with Crippen molar-refractivity contribution in [2.75, 3.05) is 10.6 Å². The molecule has 0 fully saturated rings. The molecule has 0 spiro atoms. The highest BCUT2D eigenvalue weighted by Crippen LogP contribution is 2.24. The van der Waals surface area contributed by atoms with Gasteiger partial charge in [-0.1, -0.05) is 28.1 Å². The molecule has 0 saturated carbocycles. The molecular weight excluding hydrogens is 425 g/mol. The zero-order valence-electron chi connectivity index (χ0n) is 15.2. The van der Waals surface area contributed by atoms with Crippen molar-refractivity contribution < 1.29 is 14.0 Å². The maximum atomic E-state index is 13.7. The normalized spacial score (nSPS) is 10.4. The van der Waals surface area contributed by atoms with E-state index in [9.17, 15) is 14.0 Å². The number of rotatable bonds is 4. The number of nitrogens with zero attached hydrogens (tertiary/aromatic N) is 1. The van der Waals surface area contributed by atoms with Crippen LogP contribution >= 0.6 is 15.9 Å². The van der Waals surface area contributed by atoms with E-state index in [0.29, 0.717) is 16.9 Å². The molecule has 5 nitrogen and oxygen atoms in total. The second-order valence-corrected chi connectivity index (χ2v) is 7.09. The van der Waals surface area contributed by atoms with Crippen LogP contribution in [0.3, 0.4) is 0 Å². The zero-order valence-corrected chi connectivity index (χ0v) is 16.8. The Morgan fingerprint density at radius 2 is 1.82 bits per heavy atom. The van der Waals surface area contributed by atoms with Crippen LogP contribution in [0.1, 0.15) is 23.0 Å². The number of hydrogen-bond acceptors (Lipinski definition) is 3. The summed E-state index contributed by atoms with van der Waals surface area (Å²) in [6.07, 6.45) is 0. The van der Waals surface area contributed by atoms with Gasteiger partial charge in [0.25, 0.3) is 5.91 Å². The Kier molecular flexibility index (Phi) is 5.84. The lowest BCUT2D eigenvalue weighted by Crippen LogP contribution is -2.15. The van der Waals surface area contributed by atoms with Crippen molar-refractivity contribution in [3.8, 4) is 11.3 Å². The first-order valence-corrected chi connectivity index (χ1v) is 9.25. The summed E-state index contributed by atoms with van der Waals surface area (Å²) in [7, 11) is 0. The number of aromatic nitrogens is 1. The molecule has 0 atom stereocenters. The van der Waals surface area contributed by atoms with Crippen molar-refractivity contribution in [3.05, 3.63) is 76.1 Å². The fraction of sp³-hybridized carbons (Fsp3) is 0.0952. The molecule has 0 bridgehead atoms. The Morgan fingerprint density at radius 1 is 1.04 bits per heavy atom. The van der Waals surface area contributed by atoms with Gasteiger partial charge < -0.3 is 10.6 Å². The molecule has 28 heavy (non-hydrogen) atoms. The number of anilines is 2. The molecule has 1 heterocycles. The van der Waals surface area contributed by atoms with E-state index in [-0.39, 0.29) is 11.6 Å². The molecule has 0 aliphatic rings. The lowest BCUT2D eigenvalue weighted by molar-refractivity contribution is -0.114. The van der Waals surface area contributed by atoms with E-state index in [0.717, 1.165) is 15.7 Å². The first-order valence-electron chi connectivity index (χ1n) is 8.45. The number of hydrogen-bond donors (Lipinski definition) is 2. The van der Waals surface area contributed by atoms with Gasteiger partial charge in [0.15, 0.2) is 0 Å². The quantitative estimate of drug-likeness (QED) is 0.586. The Labute approximate surface area is 170 Å². The van der Waals surface area contributed by atoms with Gasteiger partial charge in [-0.15, -0.1) is 0 Å².